The minimum Gasteiger partial charge on any atom is -0.312 e. The molecule has 2 unspecified atom stereocenters. The summed E-state index contributed by atoms with van der Waals surface area (Å²) >= 11 is 5.89. The maximum Gasteiger partial charge on any atom is 0.146 e. The number of nitrogens with zero attached hydrogens (tertiary/aromatic N) is 1. The number of piperidine rings is 1. The second-order valence-electron chi connectivity index (χ2n) is 5.95. The van der Waals surface area contributed by atoms with Crippen LogP contribution in [0.1, 0.15) is 37.7 Å². The Morgan fingerprint density at radius 3 is 2.95 bits per heavy atom. The molecule has 1 N–H and O–H groups in total. The Hall–Kier alpha value is -0.640. The number of rotatable bonds is 3. The minimum absolute atomic E-state index is 0.232. The molecule has 2 aliphatic rings. The molecule has 1 aromatic rings. The van der Waals surface area contributed by atoms with Gasteiger partial charge in [-0.05, 0) is 44.8 Å². The van der Waals surface area contributed by atoms with E-state index in [0.29, 0.717) is 18.6 Å². The van der Waals surface area contributed by atoms with Crippen LogP contribution in [0, 0.1) is 5.82 Å². The van der Waals surface area contributed by atoms with E-state index in [4.69, 9.17) is 11.6 Å². The van der Waals surface area contributed by atoms with Gasteiger partial charge in [-0.3, -0.25) is 4.90 Å². The largest absolute Gasteiger partial charge is 0.312 e. The van der Waals surface area contributed by atoms with Gasteiger partial charge < -0.3 is 5.32 Å². The third kappa shape index (κ3) is 3.00. The van der Waals surface area contributed by atoms with Gasteiger partial charge in [0.1, 0.15) is 5.82 Å². The fraction of sp³-hybridized carbons (Fsp3) is 0.625. The highest BCUT2D eigenvalue weighted by Gasteiger charge is 2.31. The predicted molar refractivity (Wildman–Crippen MR) is 80.5 cm³/mol. The molecule has 2 atom stereocenters. The average molecular weight is 297 g/mol. The summed E-state index contributed by atoms with van der Waals surface area (Å²) in [5, 5.41) is 3.84. The second-order valence-corrected chi connectivity index (χ2v) is 6.36. The van der Waals surface area contributed by atoms with Gasteiger partial charge in [0.25, 0.3) is 0 Å². The average Bonchev–Trinajstić information content (AvgIpc) is 2.98. The van der Waals surface area contributed by atoms with Crippen molar-refractivity contribution in [2.75, 3.05) is 13.1 Å². The third-order valence-corrected chi connectivity index (χ3v) is 4.92. The molecular formula is C16H22ClFN2. The predicted octanol–water partition coefficient (Wildman–Crippen LogP) is 3.59. The van der Waals surface area contributed by atoms with Crippen LogP contribution in [0.2, 0.25) is 5.02 Å². The van der Waals surface area contributed by atoms with Crippen molar-refractivity contribution in [3.05, 3.63) is 34.6 Å². The first kappa shape index (κ1) is 14.3. The molecule has 0 spiro atoms. The van der Waals surface area contributed by atoms with Crippen LogP contribution in [0.25, 0.3) is 0 Å². The lowest BCUT2D eigenvalue weighted by Gasteiger charge is -2.39. The summed E-state index contributed by atoms with van der Waals surface area (Å²) in [7, 11) is 0. The first-order valence-electron chi connectivity index (χ1n) is 7.66. The lowest BCUT2D eigenvalue weighted by Crippen LogP contribution is -2.49. The van der Waals surface area contributed by atoms with Crippen molar-refractivity contribution < 1.29 is 4.39 Å². The van der Waals surface area contributed by atoms with Crippen molar-refractivity contribution in [1.29, 1.82) is 0 Å². The van der Waals surface area contributed by atoms with Crippen LogP contribution >= 0.6 is 11.6 Å². The van der Waals surface area contributed by atoms with Gasteiger partial charge in [-0.15, -0.1) is 0 Å². The first-order valence-corrected chi connectivity index (χ1v) is 8.04. The zero-order valence-corrected chi connectivity index (χ0v) is 12.5. The van der Waals surface area contributed by atoms with Crippen molar-refractivity contribution in [2.24, 2.45) is 0 Å². The molecule has 2 fully saturated rings. The maximum atomic E-state index is 14.1. The van der Waals surface area contributed by atoms with E-state index in [1.807, 2.05) is 12.1 Å². The molecule has 0 aromatic heterocycles. The van der Waals surface area contributed by atoms with Crippen molar-refractivity contribution in [3.8, 4) is 0 Å². The molecule has 0 saturated carbocycles. The van der Waals surface area contributed by atoms with Crippen LogP contribution in [0.3, 0.4) is 0 Å². The summed E-state index contributed by atoms with van der Waals surface area (Å²) < 4.78 is 14.1. The zero-order chi connectivity index (χ0) is 13.9. The van der Waals surface area contributed by atoms with Gasteiger partial charge in [0, 0.05) is 24.2 Å². The summed E-state index contributed by atoms with van der Waals surface area (Å²) in [5.41, 5.74) is 0.724. The number of nitrogens with one attached hydrogen (secondary N) is 1. The van der Waals surface area contributed by atoms with Gasteiger partial charge >= 0.3 is 0 Å². The molecule has 20 heavy (non-hydrogen) atoms. The summed E-state index contributed by atoms with van der Waals surface area (Å²) in [6.45, 7) is 2.87. The first-order chi connectivity index (χ1) is 9.75. The molecule has 1 aromatic carbocycles. The number of benzene rings is 1. The Morgan fingerprint density at radius 1 is 1.25 bits per heavy atom. The molecule has 0 bridgehead atoms. The molecule has 2 heterocycles. The Labute approximate surface area is 125 Å². The maximum absolute atomic E-state index is 14.1. The normalized spacial score (nSPS) is 27.9. The van der Waals surface area contributed by atoms with Crippen molar-refractivity contribution in [3.63, 3.8) is 0 Å². The molecule has 110 valence electrons. The fourth-order valence-corrected chi connectivity index (χ4v) is 3.79. The number of hydrogen-bond acceptors (Lipinski definition) is 2. The highest BCUT2D eigenvalue weighted by atomic mass is 35.5. The third-order valence-electron chi connectivity index (χ3n) is 4.63. The molecule has 0 radical (unpaired) electrons. The minimum atomic E-state index is -0.252. The summed E-state index contributed by atoms with van der Waals surface area (Å²) in [6.07, 6.45) is 6.24. The van der Waals surface area contributed by atoms with E-state index in [9.17, 15) is 4.39 Å². The topological polar surface area (TPSA) is 15.3 Å². The van der Waals surface area contributed by atoms with Crippen LogP contribution < -0.4 is 5.32 Å². The summed E-state index contributed by atoms with van der Waals surface area (Å²) in [6, 6.07) is 6.44. The van der Waals surface area contributed by atoms with Gasteiger partial charge in [0.2, 0.25) is 0 Å². The Bertz CT molecular complexity index is 460. The monoisotopic (exact) mass is 296 g/mol. The van der Waals surface area contributed by atoms with Crippen LogP contribution in [0.4, 0.5) is 4.39 Å². The van der Waals surface area contributed by atoms with E-state index in [2.05, 4.69) is 10.2 Å². The Balaban J connectivity index is 1.74. The van der Waals surface area contributed by atoms with E-state index in [0.717, 1.165) is 18.7 Å². The Kier molecular flexibility index (Phi) is 4.59. The smallest absolute Gasteiger partial charge is 0.146 e. The Morgan fingerprint density at radius 2 is 2.15 bits per heavy atom. The standard InChI is InChI=1S/C16H22ClFN2/c17-13-6-3-5-12(16(13)18)11-20-10-2-1-8-15(20)14-7-4-9-19-14/h3,5-6,14-15,19H,1-2,4,7-11H2. The lowest BCUT2D eigenvalue weighted by molar-refractivity contribution is 0.111. The number of hydrogen-bond donors (Lipinski definition) is 1. The van der Waals surface area contributed by atoms with Crippen LogP contribution in [0.15, 0.2) is 18.2 Å². The van der Waals surface area contributed by atoms with Crippen molar-refractivity contribution in [2.45, 2.75) is 50.7 Å². The van der Waals surface area contributed by atoms with Crippen molar-refractivity contribution >= 4 is 11.6 Å². The lowest BCUT2D eigenvalue weighted by atomic mass is 9.94. The van der Waals surface area contributed by atoms with Gasteiger partial charge in [0.15, 0.2) is 0 Å². The van der Waals surface area contributed by atoms with Gasteiger partial charge in [0.05, 0.1) is 5.02 Å². The van der Waals surface area contributed by atoms with Gasteiger partial charge in [-0.2, -0.15) is 0 Å². The molecule has 0 aliphatic carbocycles. The zero-order valence-electron chi connectivity index (χ0n) is 11.7. The fourth-order valence-electron chi connectivity index (χ4n) is 3.60. The molecular weight excluding hydrogens is 275 g/mol. The van der Waals surface area contributed by atoms with Crippen LogP contribution in [-0.2, 0) is 6.54 Å². The highest BCUT2D eigenvalue weighted by Crippen LogP contribution is 2.27. The second kappa shape index (κ2) is 6.42. The highest BCUT2D eigenvalue weighted by molar-refractivity contribution is 6.30. The summed E-state index contributed by atoms with van der Waals surface area (Å²) in [4.78, 5) is 2.45. The number of halogens is 2. The quantitative estimate of drug-likeness (QED) is 0.917. The molecule has 4 heteroatoms. The molecule has 2 nitrogen and oxygen atoms in total. The van der Waals surface area contributed by atoms with Crippen LogP contribution in [-0.4, -0.2) is 30.1 Å². The van der Waals surface area contributed by atoms with E-state index in [1.54, 1.807) is 6.07 Å². The van der Waals surface area contributed by atoms with Crippen LogP contribution in [0.5, 0.6) is 0 Å². The summed E-state index contributed by atoms with van der Waals surface area (Å²) in [5.74, 6) is -0.252. The van der Waals surface area contributed by atoms with E-state index in [1.165, 1.54) is 32.1 Å². The molecule has 3 rings (SSSR count). The van der Waals surface area contributed by atoms with Gasteiger partial charge in [-0.1, -0.05) is 30.2 Å². The van der Waals surface area contributed by atoms with E-state index >= 15 is 0 Å². The molecule has 2 saturated heterocycles. The molecule has 2 aliphatic heterocycles. The van der Waals surface area contributed by atoms with E-state index < -0.39 is 0 Å². The molecule has 0 amide bonds. The number of likely N-dealkylation sites (tertiary alicyclic amines) is 1. The van der Waals surface area contributed by atoms with Crippen molar-refractivity contribution in [1.82, 2.24) is 10.2 Å². The van der Waals surface area contributed by atoms with E-state index in [-0.39, 0.29) is 10.8 Å². The SMILES string of the molecule is Fc1c(Cl)cccc1CN1CCCCC1C1CCCN1. The van der Waals surface area contributed by atoms with Gasteiger partial charge in [-0.25, -0.2) is 4.39 Å².